The molecule has 1 saturated heterocycles. The number of amides is 1. The number of aliphatic hydroxyl groups is 1. The maximum Gasteiger partial charge on any atom is 0.267 e. The maximum atomic E-state index is 12.6. The molecule has 36 heavy (non-hydrogen) atoms. The van der Waals surface area contributed by atoms with E-state index in [2.05, 4.69) is 40.0 Å². The van der Waals surface area contributed by atoms with E-state index < -0.39 is 6.10 Å². The first kappa shape index (κ1) is 26.3. The maximum absolute atomic E-state index is 12.6. The van der Waals surface area contributed by atoms with Crippen molar-refractivity contribution in [2.75, 3.05) is 44.7 Å². The van der Waals surface area contributed by atoms with E-state index in [1.54, 1.807) is 7.11 Å². The van der Waals surface area contributed by atoms with Gasteiger partial charge in [-0.05, 0) is 49.1 Å². The van der Waals surface area contributed by atoms with Crippen LogP contribution in [-0.4, -0.2) is 72.9 Å². The number of halogens is 1. The second-order valence-corrected chi connectivity index (χ2v) is 9.77. The highest BCUT2D eigenvalue weighted by molar-refractivity contribution is 6.32. The van der Waals surface area contributed by atoms with Crippen LogP contribution in [0.4, 0.5) is 5.69 Å². The normalized spacial score (nSPS) is 16.2. The summed E-state index contributed by atoms with van der Waals surface area (Å²) < 4.78 is 5.61. The van der Waals surface area contributed by atoms with Crippen molar-refractivity contribution < 1.29 is 14.6 Å². The molecular weight excluding hydrogens is 476 g/mol. The number of anilines is 1. The SMILES string of the molecule is CCc1cc(Cl)c(OC)c(N2CCN(C(CC)[C@H](O)CCNC(=O)c3cc4ccccc4[nH]3)CC2)c1. The van der Waals surface area contributed by atoms with Gasteiger partial charge in [-0.25, -0.2) is 0 Å². The number of nitrogens with one attached hydrogen (secondary N) is 2. The number of aliphatic hydroxyl groups excluding tert-OH is 1. The minimum atomic E-state index is -0.517. The molecule has 0 radical (unpaired) electrons. The van der Waals surface area contributed by atoms with Gasteiger partial charge in [-0.15, -0.1) is 0 Å². The molecule has 1 amide bonds. The zero-order valence-electron chi connectivity index (χ0n) is 21.4. The molecule has 0 bridgehead atoms. The van der Waals surface area contributed by atoms with Crippen molar-refractivity contribution in [2.24, 2.45) is 0 Å². The van der Waals surface area contributed by atoms with Crippen LogP contribution in [0.25, 0.3) is 10.9 Å². The zero-order chi connectivity index (χ0) is 25.7. The Labute approximate surface area is 218 Å². The fraction of sp³-hybridized carbons (Fsp3) is 0.464. The lowest BCUT2D eigenvalue weighted by Gasteiger charge is -2.42. The van der Waals surface area contributed by atoms with Crippen LogP contribution in [-0.2, 0) is 6.42 Å². The summed E-state index contributed by atoms with van der Waals surface area (Å²) in [7, 11) is 1.66. The number of ether oxygens (including phenoxy) is 1. The van der Waals surface area contributed by atoms with Gasteiger partial charge in [0.2, 0.25) is 0 Å². The van der Waals surface area contributed by atoms with Crippen molar-refractivity contribution in [3.8, 4) is 5.75 Å². The molecule has 2 aromatic carbocycles. The Bertz CT molecular complexity index is 1140. The van der Waals surface area contributed by atoms with Crippen LogP contribution >= 0.6 is 11.6 Å². The third kappa shape index (κ3) is 5.80. The molecule has 0 spiro atoms. The molecule has 0 aliphatic carbocycles. The molecule has 1 fully saturated rings. The van der Waals surface area contributed by atoms with Crippen molar-refractivity contribution in [2.45, 2.75) is 45.3 Å². The molecule has 0 saturated carbocycles. The van der Waals surface area contributed by atoms with Gasteiger partial charge in [0.1, 0.15) is 5.69 Å². The number of nitrogens with zero attached hydrogens (tertiary/aromatic N) is 2. The largest absolute Gasteiger partial charge is 0.493 e. The third-order valence-electron chi connectivity index (χ3n) is 7.18. The van der Waals surface area contributed by atoms with Crippen LogP contribution in [0.2, 0.25) is 5.02 Å². The Morgan fingerprint density at radius 1 is 1.17 bits per heavy atom. The molecule has 3 N–H and O–H groups in total. The highest BCUT2D eigenvalue weighted by Crippen LogP contribution is 2.37. The lowest BCUT2D eigenvalue weighted by Crippen LogP contribution is -2.54. The lowest BCUT2D eigenvalue weighted by molar-refractivity contribution is 0.0380. The monoisotopic (exact) mass is 512 g/mol. The number of aromatic nitrogens is 1. The lowest BCUT2D eigenvalue weighted by atomic mass is 10.0. The van der Waals surface area contributed by atoms with Gasteiger partial charge in [-0.3, -0.25) is 9.69 Å². The predicted molar refractivity (Wildman–Crippen MR) is 147 cm³/mol. The molecule has 8 heteroatoms. The predicted octanol–water partition coefficient (Wildman–Crippen LogP) is 4.47. The van der Waals surface area contributed by atoms with Crippen molar-refractivity contribution in [1.82, 2.24) is 15.2 Å². The summed E-state index contributed by atoms with van der Waals surface area (Å²) in [6.07, 6.45) is 1.75. The number of fused-ring (bicyclic) bond motifs is 1. The quantitative estimate of drug-likeness (QED) is 0.373. The van der Waals surface area contributed by atoms with Crippen LogP contribution < -0.4 is 15.0 Å². The second-order valence-electron chi connectivity index (χ2n) is 9.36. The van der Waals surface area contributed by atoms with Crippen molar-refractivity contribution in [1.29, 1.82) is 0 Å². The van der Waals surface area contributed by atoms with Crippen LogP contribution in [0.15, 0.2) is 42.5 Å². The average Bonchev–Trinajstić information content (AvgIpc) is 3.33. The van der Waals surface area contributed by atoms with E-state index in [4.69, 9.17) is 16.3 Å². The summed E-state index contributed by atoms with van der Waals surface area (Å²) in [5.74, 6) is 0.571. The number of hydrogen-bond donors (Lipinski definition) is 3. The van der Waals surface area contributed by atoms with E-state index in [9.17, 15) is 9.90 Å². The van der Waals surface area contributed by atoms with E-state index in [1.807, 2.05) is 36.4 Å². The van der Waals surface area contributed by atoms with E-state index in [0.717, 1.165) is 61.4 Å². The van der Waals surface area contributed by atoms with E-state index in [0.29, 0.717) is 23.7 Å². The van der Waals surface area contributed by atoms with Gasteiger partial charge in [0.15, 0.2) is 5.75 Å². The number of carbonyl (C=O) groups is 1. The second kappa shape index (κ2) is 12.0. The van der Waals surface area contributed by atoms with Crippen molar-refractivity contribution >= 4 is 34.1 Å². The Balaban J connectivity index is 1.30. The minimum Gasteiger partial charge on any atom is -0.493 e. The standard InChI is InChI=1S/C28H37ClN4O3/c1-4-19-16-21(29)27(36-3)25(17-19)33-14-12-32(13-15-33)24(5-2)26(34)10-11-30-28(35)23-18-20-8-6-7-9-22(20)31-23/h6-9,16-18,24,26,31,34H,4-5,10-15H2,1-3H3,(H,30,35)/t24?,26-/m1/s1. The Hall–Kier alpha value is -2.74. The summed E-state index contributed by atoms with van der Waals surface area (Å²) in [4.78, 5) is 20.4. The number of benzene rings is 2. The number of para-hydroxylation sites is 1. The Morgan fingerprint density at radius 3 is 2.58 bits per heavy atom. The summed E-state index contributed by atoms with van der Waals surface area (Å²) in [6.45, 7) is 8.00. The molecule has 7 nitrogen and oxygen atoms in total. The van der Waals surface area contributed by atoms with Gasteiger partial charge in [-0.2, -0.15) is 0 Å². The number of carbonyl (C=O) groups excluding carboxylic acids is 1. The number of aryl methyl sites for hydroxylation is 1. The molecule has 1 unspecified atom stereocenters. The van der Waals surface area contributed by atoms with E-state index in [-0.39, 0.29) is 11.9 Å². The first-order valence-electron chi connectivity index (χ1n) is 12.8. The molecule has 1 aliphatic rings. The molecular formula is C28H37ClN4O3. The number of hydrogen-bond acceptors (Lipinski definition) is 5. The van der Waals surface area contributed by atoms with Gasteiger partial charge in [-0.1, -0.05) is 43.6 Å². The van der Waals surface area contributed by atoms with Gasteiger partial charge in [0.05, 0.1) is 23.9 Å². The van der Waals surface area contributed by atoms with Gasteiger partial charge in [0.25, 0.3) is 5.91 Å². The van der Waals surface area contributed by atoms with Crippen molar-refractivity contribution in [3.63, 3.8) is 0 Å². The number of methoxy groups -OCH3 is 1. The number of piperazine rings is 1. The molecule has 1 aromatic heterocycles. The number of aromatic amines is 1. The van der Waals surface area contributed by atoms with Crippen LogP contribution in [0, 0.1) is 0 Å². The number of H-pyrrole nitrogens is 1. The smallest absolute Gasteiger partial charge is 0.267 e. The van der Waals surface area contributed by atoms with Gasteiger partial charge in [0, 0.05) is 49.7 Å². The van der Waals surface area contributed by atoms with Gasteiger partial charge >= 0.3 is 0 Å². The molecule has 4 rings (SSSR count). The fourth-order valence-electron chi connectivity index (χ4n) is 5.16. The minimum absolute atomic E-state index is 0.0459. The topological polar surface area (TPSA) is 80.8 Å². The van der Waals surface area contributed by atoms with E-state index >= 15 is 0 Å². The highest BCUT2D eigenvalue weighted by Gasteiger charge is 2.29. The summed E-state index contributed by atoms with van der Waals surface area (Å²) >= 11 is 6.48. The van der Waals surface area contributed by atoms with Crippen LogP contribution in [0.3, 0.4) is 0 Å². The summed E-state index contributed by atoms with van der Waals surface area (Å²) in [5.41, 5.74) is 3.70. The first-order valence-corrected chi connectivity index (χ1v) is 13.2. The molecule has 194 valence electrons. The van der Waals surface area contributed by atoms with Crippen LogP contribution in [0.1, 0.15) is 42.7 Å². The Morgan fingerprint density at radius 2 is 1.92 bits per heavy atom. The van der Waals surface area contributed by atoms with E-state index in [1.165, 1.54) is 5.56 Å². The molecule has 3 aromatic rings. The van der Waals surface area contributed by atoms with Gasteiger partial charge < -0.3 is 25.0 Å². The first-order chi connectivity index (χ1) is 17.4. The Kier molecular flexibility index (Phi) is 8.77. The summed E-state index contributed by atoms with van der Waals surface area (Å²) in [6, 6.07) is 13.9. The fourth-order valence-corrected chi connectivity index (χ4v) is 5.47. The third-order valence-corrected chi connectivity index (χ3v) is 7.46. The summed E-state index contributed by atoms with van der Waals surface area (Å²) in [5, 5.41) is 15.6. The highest BCUT2D eigenvalue weighted by atomic mass is 35.5. The molecule has 1 aliphatic heterocycles. The zero-order valence-corrected chi connectivity index (χ0v) is 22.1. The number of rotatable bonds is 10. The molecule has 2 heterocycles. The molecule has 2 atom stereocenters. The van der Waals surface area contributed by atoms with Crippen molar-refractivity contribution in [3.05, 3.63) is 58.7 Å². The van der Waals surface area contributed by atoms with Crippen LogP contribution in [0.5, 0.6) is 5.75 Å². The average molecular weight is 513 g/mol.